The Labute approximate surface area is 142 Å². The molecule has 0 fully saturated rings. The summed E-state index contributed by atoms with van der Waals surface area (Å²) < 4.78 is 5.60. The molecule has 8 nitrogen and oxygen atoms in total. The van der Waals surface area contributed by atoms with Crippen LogP contribution in [0.1, 0.15) is 5.56 Å². The second kappa shape index (κ2) is 7.06. The molecular weight excluding hydrogens is 322 g/mol. The molecule has 0 aliphatic heterocycles. The van der Waals surface area contributed by atoms with Gasteiger partial charge < -0.3 is 10.1 Å². The molecule has 25 heavy (non-hydrogen) atoms. The number of hydrogen-bond acceptors (Lipinski definition) is 7. The van der Waals surface area contributed by atoms with Crippen LogP contribution >= 0.6 is 0 Å². The van der Waals surface area contributed by atoms with E-state index in [-0.39, 0.29) is 11.3 Å². The molecule has 3 aromatic rings. The molecule has 2 aromatic carbocycles. The Morgan fingerprint density at radius 2 is 2.08 bits per heavy atom. The van der Waals surface area contributed by atoms with Crippen molar-refractivity contribution in [1.29, 1.82) is 5.26 Å². The summed E-state index contributed by atoms with van der Waals surface area (Å²) in [7, 11) is 0. The topological polar surface area (TPSA) is 114 Å². The number of rotatable bonds is 5. The van der Waals surface area contributed by atoms with Crippen LogP contribution in [0.5, 0.6) is 11.6 Å². The fourth-order valence-corrected chi connectivity index (χ4v) is 2.10. The minimum Gasteiger partial charge on any atom is -0.437 e. The molecule has 1 N–H and O–H groups in total. The molecule has 0 spiro atoms. The summed E-state index contributed by atoms with van der Waals surface area (Å²) in [5.74, 6) is 0.888. The van der Waals surface area contributed by atoms with Gasteiger partial charge in [0.1, 0.15) is 11.8 Å². The predicted octanol–water partition coefficient (Wildman–Crippen LogP) is 3.79. The Morgan fingerprint density at radius 1 is 1.20 bits per heavy atom. The van der Waals surface area contributed by atoms with Crippen molar-refractivity contribution < 1.29 is 9.66 Å². The minimum absolute atomic E-state index is 0.137. The predicted molar refractivity (Wildman–Crippen MR) is 89.6 cm³/mol. The van der Waals surface area contributed by atoms with Gasteiger partial charge in [-0.15, -0.1) is 0 Å². The van der Waals surface area contributed by atoms with Crippen molar-refractivity contribution in [2.45, 2.75) is 0 Å². The molecule has 0 bridgehead atoms. The number of nitrogens with zero attached hydrogens (tertiary/aromatic N) is 4. The smallest absolute Gasteiger partial charge is 0.270 e. The lowest BCUT2D eigenvalue weighted by Crippen LogP contribution is -1.96. The van der Waals surface area contributed by atoms with Gasteiger partial charge in [-0.05, 0) is 18.2 Å². The number of nitro groups is 1. The fraction of sp³-hybridized carbons (Fsp3) is 0. The van der Waals surface area contributed by atoms with E-state index in [4.69, 9.17) is 4.74 Å². The third-order valence-electron chi connectivity index (χ3n) is 3.21. The molecule has 1 heterocycles. The lowest BCUT2D eigenvalue weighted by molar-refractivity contribution is -0.384. The Morgan fingerprint density at radius 3 is 2.80 bits per heavy atom. The summed E-state index contributed by atoms with van der Waals surface area (Å²) in [6, 6.07) is 13.0. The van der Waals surface area contributed by atoms with Crippen LogP contribution < -0.4 is 10.1 Å². The minimum atomic E-state index is -0.542. The Hall–Kier alpha value is -3.99. The first kappa shape index (κ1) is 15.9. The molecule has 0 saturated carbocycles. The van der Waals surface area contributed by atoms with Gasteiger partial charge in [0, 0.05) is 36.3 Å². The van der Waals surface area contributed by atoms with Crippen molar-refractivity contribution >= 4 is 17.1 Å². The maximum Gasteiger partial charge on any atom is 0.270 e. The third kappa shape index (κ3) is 3.86. The number of non-ortho nitro benzene ring substituents is 1. The number of nitrogens with one attached hydrogen (secondary N) is 1. The molecule has 0 aliphatic carbocycles. The molecule has 0 aliphatic rings. The number of nitro benzene ring substituents is 1. The maximum atomic E-state index is 10.8. The van der Waals surface area contributed by atoms with E-state index < -0.39 is 4.92 Å². The van der Waals surface area contributed by atoms with Gasteiger partial charge in [0.25, 0.3) is 5.69 Å². The normalized spacial score (nSPS) is 9.88. The van der Waals surface area contributed by atoms with Gasteiger partial charge in [-0.2, -0.15) is 5.26 Å². The number of benzene rings is 2. The molecule has 122 valence electrons. The second-order valence-electron chi connectivity index (χ2n) is 4.90. The van der Waals surface area contributed by atoms with Crippen LogP contribution in [0.15, 0.2) is 61.1 Å². The SMILES string of the molecule is N#Cc1cc([N+](=O)[O-])ccc1Nc1cccc(Oc2cnccn2)c1. The van der Waals surface area contributed by atoms with Crippen molar-refractivity contribution in [3.05, 3.63) is 76.7 Å². The fourth-order valence-electron chi connectivity index (χ4n) is 2.10. The largest absolute Gasteiger partial charge is 0.437 e. The van der Waals surface area contributed by atoms with E-state index in [0.717, 1.165) is 0 Å². The summed E-state index contributed by atoms with van der Waals surface area (Å²) in [6.45, 7) is 0. The number of anilines is 2. The van der Waals surface area contributed by atoms with Gasteiger partial charge in [0.15, 0.2) is 0 Å². The lowest BCUT2D eigenvalue weighted by Gasteiger charge is -2.10. The molecule has 1 aromatic heterocycles. The zero-order chi connectivity index (χ0) is 17.6. The van der Waals surface area contributed by atoms with Crippen LogP contribution in [0.25, 0.3) is 0 Å². The van der Waals surface area contributed by atoms with E-state index in [1.54, 1.807) is 30.5 Å². The highest BCUT2D eigenvalue weighted by molar-refractivity contribution is 5.69. The highest BCUT2D eigenvalue weighted by Gasteiger charge is 2.11. The molecule has 0 unspecified atom stereocenters. The maximum absolute atomic E-state index is 10.8. The number of ether oxygens (including phenoxy) is 1. The van der Waals surface area contributed by atoms with Crippen LogP contribution in [0.4, 0.5) is 17.1 Å². The highest BCUT2D eigenvalue weighted by atomic mass is 16.6. The van der Waals surface area contributed by atoms with Crippen molar-refractivity contribution in [1.82, 2.24) is 9.97 Å². The average molecular weight is 333 g/mol. The van der Waals surface area contributed by atoms with Gasteiger partial charge >= 0.3 is 0 Å². The van der Waals surface area contributed by atoms with Crippen molar-refractivity contribution in [2.75, 3.05) is 5.32 Å². The zero-order valence-corrected chi connectivity index (χ0v) is 12.8. The monoisotopic (exact) mass is 333 g/mol. The Balaban J connectivity index is 1.83. The van der Waals surface area contributed by atoms with E-state index in [1.807, 2.05) is 6.07 Å². The zero-order valence-electron chi connectivity index (χ0n) is 12.8. The quantitative estimate of drug-likeness (QED) is 0.558. The molecule has 0 atom stereocenters. The second-order valence-corrected chi connectivity index (χ2v) is 4.90. The summed E-state index contributed by atoms with van der Waals surface area (Å²) in [4.78, 5) is 18.2. The van der Waals surface area contributed by atoms with Crippen LogP contribution in [0.2, 0.25) is 0 Å². The van der Waals surface area contributed by atoms with Crippen molar-refractivity contribution in [3.63, 3.8) is 0 Å². The van der Waals surface area contributed by atoms with Crippen LogP contribution in [0, 0.1) is 21.4 Å². The number of aromatic nitrogens is 2. The first-order valence-electron chi connectivity index (χ1n) is 7.15. The molecule has 0 amide bonds. The number of nitriles is 1. The van der Waals surface area contributed by atoms with Gasteiger partial charge in [0.2, 0.25) is 5.88 Å². The van der Waals surface area contributed by atoms with Crippen LogP contribution in [0.3, 0.4) is 0 Å². The molecule has 0 saturated heterocycles. The lowest BCUT2D eigenvalue weighted by atomic mass is 10.1. The Kier molecular flexibility index (Phi) is 4.49. The van der Waals surface area contributed by atoms with E-state index in [2.05, 4.69) is 15.3 Å². The van der Waals surface area contributed by atoms with Crippen LogP contribution in [-0.2, 0) is 0 Å². The first-order chi connectivity index (χ1) is 12.2. The average Bonchev–Trinajstić information content (AvgIpc) is 2.63. The Bertz CT molecular complexity index is 954. The standard InChI is InChI=1S/C17H11N5O3/c18-10-12-8-14(22(23)24)4-5-16(12)21-13-2-1-3-15(9-13)25-17-11-19-6-7-20-17/h1-9,11,21H. The van der Waals surface area contributed by atoms with Crippen molar-refractivity contribution in [3.8, 4) is 17.7 Å². The van der Waals surface area contributed by atoms with Gasteiger partial charge in [0.05, 0.1) is 22.4 Å². The van der Waals surface area contributed by atoms with Gasteiger partial charge in [-0.3, -0.25) is 15.1 Å². The van der Waals surface area contributed by atoms with E-state index in [0.29, 0.717) is 23.0 Å². The molecule has 8 heteroatoms. The molecule has 0 radical (unpaired) electrons. The van der Waals surface area contributed by atoms with E-state index >= 15 is 0 Å². The molecule has 3 rings (SSSR count). The number of hydrogen-bond donors (Lipinski definition) is 1. The van der Waals surface area contributed by atoms with E-state index in [1.165, 1.54) is 30.6 Å². The summed E-state index contributed by atoms with van der Waals surface area (Å²) in [5, 5.41) is 23.1. The summed E-state index contributed by atoms with van der Waals surface area (Å²) >= 11 is 0. The van der Waals surface area contributed by atoms with Crippen LogP contribution in [-0.4, -0.2) is 14.9 Å². The van der Waals surface area contributed by atoms with Crippen molar-refractivity contribution in [2.24, 2.45) is 0 Å². The molecular formula is C17H11N5O3. The third-order valence-corrected chi connectivity index (χ3v) is 3.21. The van der Waals surface area contributed by atoms with Gasteiger partial charge in [-0.1, -0.05) is 6.07 Å². The summed E-state index contributed by atoms with van der Waals surface area (Å²) in [5.41, 5.74) is 1.16. The van der Waals surface area contributed by atoms with E-state index in [9.17, 15) is 15.4 Å². The summed E-state index contributed by atoms with van der Waals surface area (Å²) in [6.07, 6.45) is 4.56. The highest BCUT2D eigenvalue weighted by Crippen LogP contribution is 2.27. The first-order valence-corrected chi connectivity index (χ1v) is 7.15. The van der Waals surface area contributed by atoms with Gasteiger partial charge in [-0.25, -0.2) is 4.98 Å².